The number of hydrogen-bond acceptors (Lipinski definition) is 7. The highest BCUT2D eigenvalue weighted by Crippen LogP contribution is 2.30. The normalized spacial score (nSPS) is 11.5. The van der Waals surface area contributed by atoms with Crippen molar-refractivity contribution in [3.63, 3.8) is 0 Å². The molecule has 0 aliphatic rings. The smallest absolute Gasteiger partial charge is 0.321 e. The van der Waals surface area contributed by atoms with Crippen LogP contribution in [0.15, 0.2) is 58.9 Å². The van der Waals surface area contributed by atoms with Gasteiger partial charge in [-0.3, -0.25) is 10.1 Å². The van der Waals surface area contributed by atoms with Crippen molar-refractivity contribution in [3.8, 4) is 0 Å². The summed E-state index contributed by atoms with van der Waals surface area (Å²) in [6, 6.07) is 16.9. The van der Waals surface area contributed by atoms with Crippen LogP contribution in [0.3, 0.4) is 0 Å². The van der Waals surface area contributed by atoms with Crippen molar-refractivity contribution in [2.24, 2.45) is 0 Å². The quantitative estimate of drug-likeness (QED) is 0.492. The van der Waals surface area contributed by atoms with Crippen molar-refractivity contribution in [1.29, 1.82) is 0 Å². The molecular weight excluding hydrogens is 406 g/mol. The van der Waals surface area contributed by atoms with Gasteiger partial charge in [0.25, 0.3) is 0 Å². The van der Waals surface area contributed by atoms with Gasteiger partial charge in [-0.1, -0.05) is 65.6 Å². The van der Waals surface area contributed by atoms with Crippen molar-refractivity contribution >= 4 is 45.9 Å². The summed E-state index contributed by atoms with van der Waals surface area (Å²) >= 11 is 2.61. The lowest BCUT2D eigenvalue weighted by Crippen LogP contribution is -2.42. The van der Waals surface area contributed by atoms with Crippen LogP contribution in [0.2, 0.25) is 0 Å². The lowest BCUT2D eigenvalue weighted by atomic mass is 10.2. The van der Waals surface area contributed by atoms with Crippen LogP contribution in [0.1, 0.15) is 18.1 Å². The van der Waals surface area contributed by atoms with Gasteiger partial charge < -0.3 is 10.6 Å². The largest absolute Gasteiger partial charge is 0.334 e. The predicted molar refractivity (Wildman–Crippen MR) is 117 cm³/mol. The number of amides is 3. The van der Waals surface area contributed by atoms with Crippen molar-refractivity contribution in [1.82, 2.24) is 20.8 Å². The van der Waals surface area contributed by atoms with Gasteiger partial charge in [0.15, 0.2) is 4.34 Å². The Bertz CT molecular complexity index is 978. The molecule has 1 atom stereocenters. The summed E-state index contributed by atoms with van der Waals surface area (Å²) in [5, 5.41) is 16.6. The van der Waals surface area contributed by atoms with E-state index in [1.54, 1.807) is 6.92 Å². The van der Waals surface area contributed by atoms with Crippen LogP contribution < -0.4 is 16.0 Å². The molecule has 3 N–H and O–H groups in total. The third kappa shape index (κ3) is 6.58. The zero-order chi connectivity index (χ0) is 20.6. The SMILES string of the molecule is Cc1cccc(Nc2nnc(SC(C)C(=O)NC(=O)NCc3ccccc3)s2)c1. The molecular formula is C20H21N5O2S2. The van der Waals surface area contributed by atoms with Crippen molar-refractivity contribution < 1.29 is 9.59 Å². The second-order valence-electron chi connectivity index (χ2n) is 6.29. The Morgan fingerprint density at radius 1 is 1.10 bits per heavy atom. The molecule has 0 aliphatic heterocycles. The Hall–Kier alpha value is -2.91. The lowest BCUT2D eigenvalue weighted by Gasteiger charge is -2.10. The van der Waals surface area contributed by atoms with Gasteiger partial charge in [0.05, 0.1) is 5.25 Å². The molecule has 1 heterocycles. The van der Waals surface area contributed by atoms with Gasteiger partial charge in [-0.25, -0.2) is 4.79 Å². The summed E-state index contributed by atoms with van der Waals surface area (Å²) < 4.78 is 0.646. The Balaban J connectivity index is 1.46. The van der Waals surface area contributed by atoms with Gasteiger partial charge in [0.1, 0.15) is 0 Å². The Kier molecular flexibility index (Phi) is 7.20. The first-order chi connectivity index (χ1) is 14.0. The van der Waals surface area contributed by atoms with E-state index in [9.17, 15) is 9.59 Å². The first-order valence-electron chi connectivity index (χ1n) is 8.96. The highest BCUT2D eigenvalue weighted by atomic mass is 32.2. The fraction of sp³-hybridized carbons (Fsp3) is 0.200. The molecule has 0 saturated heterocycles. The summed E-state index contributed by atoms with van der Waals surface area (Å²) in [6.07, 6.45) is 0. The van der Waals surface area contributed by atoms with E-state index < -0.39 is 11.3 Å². The van der Waals surface area contributed by atoms with Crippen LogP contribution in [-0.4, -0.2) is 27.4 Å². The summed E-state index contributed by atoms with van der Waals surface area (Å²) in [6.45, 7) is 4.09. The van der Waals surface area contributed by atoms with Crippen molar-refractivity contribution in [3.05, 3.63) is 65.7 Å². The molecule has 0 bridgehead atoms. The molecule has 29 heavy (non-hydrogen) atoms. The van der Waals surface area contributed by atoms with E-state index in [1.807, 2.05) is 61.5 Å². The number of benzene rings is 2. The van der Waals surface area contributed by atoms with Gasteiger partial charge in [-0.05, 0) is 37.1 Å². The zero-order valence-electron chi connectivity index (χ0n) is 16.0. The van der Waals surface area contributed by atoms with Gasteiger partial charge >= 0.3 is 6.03 Å². The molecule has 150 valence electrons. The number of nitrogens with one attached hydrogen (secondary N) is 3. The summed E-state index contributed by atoms with van der Waals surface area (Å²) in [5.41, 5.74) is 3.03. The van der Waals surface area contributed by atoms with E-state index in [2.05, 4.69) is 26.1 Å². The average molecular weight is 428 g/mol. The predicted octanol–water partition coefficient (Wildman–Crippen LogP) is 4.10. The maximum Gasteiger partial charge on any atom is 0.321 e. The number of aromatic nitrogens is 2. The standard InChI is InChI=1S/C20H21N5O2S2/c1-13-7-6-10-16(11-13)22-19-24-25-20(29-19)28-14(2)17(26)23-18(27)21-12-15-8-4-3-5-9-15/h3-11,14H,12H2,1-2H3,(H,22,24)(H2,21,23,26,27). The number of imide groups is 1. The van der Waals surface area contributed by atoms with Crippen molar-refractivity contribution in [2.45, 2.75) is 30.0 Å². The van der Waals surface area contributed by atoms with Gasteiger partial charge in [0, 0.05) is 12.2 Å². The van der Waals surface area contributed by atoms with Crippen LogP contribution in [0, 0.1) is 6.92 Å². The number of urea groups is 1. The van der Waals surface area contributed by atoms with E-state index in [0.29, 0.717) is 16.0 Å². The minimum absolute atomic E-state index is 0.353. The number of rotatable bonds is 7. The van der Waals surface area contributed by atoms with E-state index in [1.165, 1.54) is 23.1 Å². The van der Waals surface area contributed by atoms with Crippen LogP contribution in [0.4, 0.5) is 15.6 Å². The lowest BCUT2D eigenvalue weighted by molar-refractivity contribution is -0.119. The third-order valence-electron chi connectivity index (χ3n) is 3.86. The maximum atomic E-state index is 12.3. The molecule has 2 aromatic carbocycles. The number of carbonyl (C=O) groups is 2. The minimum Gasteiger partial charge on any atom is -0.334 e. The Morgan fingerprint density at radius 3 is 2.66 bits per heavy atom. The zero-order valence-corrected chi connectivity index (χ0v) is 17.6. The molecule has 3 amide bonds. The average Bonchev–Trinajstić information content (AvgIpc) is 3.14. The summed E-state index contributed by atoms with van der Waals surface area (Å²) in [5.74, 6) is -0.385. The Morgan fingerprint density at radius 2 is 1.90 bits per heavy atom. The van der Waals surface area contributed by atoms with Crippen LogP contribution in [0.25, 0.3) is 0 Å². The van der Waals surface area contributed by atoms with Gasteiger partial charge in [-0.2, -0.15) is 0 Å². The number of aryl methyl sites for hydroxylation is 1. The van der Waals surface area contributed by atoms with Crippen molar-refractivity contribution in [2.75, 3.05) is 5.32 Å². The molecule has 3 rings (SSSR count). The monoisotopic (exact) mass is 427 g/mol. The molecule has 0 aliphatic carbocycles. The second-order valence-corrected chi connectivity index (χ2v) is 8.85. The third-order valence-corrected chi connectivity index (χ3v) is 5.88. The van der Waals surface area contributed by atoms with E-state index in [0.717, 1.165) is 16.8 Å². The highest BCUT2D eigenvalue weighted by molar-refractivity contribution is 8.02. The molecule has 7 nitrogen and oxygen atoms in total. The van der Waals surface area contributed by atoms with Crippen LogP contribution in [-0.2, 0) is 11.3 Å². The van der Waals surface area contributed by atoms with Gasteiger partial charge in [0.2, 0.25) is 11.0 Å². The summed E-state index contributed by atoms with van der Waals surface area (Å²) in [4.78, 5) is 24.2. The maximum absolute atomic E-state index is 12.3. The first-order valence-corrected chi connectivity index (χ1v) is 10.7. The number of anilines is 2. The van der Waals surface area contributed by atoms with Crippen LogP contribution in [0.5, 0.6) is 0 Å². The number of thioether (sulfide) groups is 1. The first kappa shape index (κ1) is 20.8. The molecule has 1 aromatic heterocycles. The molecule has 3 aromatic rings. The van der Waals surface area contributed by atoms with E-state index in [-0.39, 0.29) is 5.91 Å². The number of hydrogen-bond donors (Lipinski definition) is 3. The molecule has 0 fully saturated rings. The number of carbonyl (C=O) groups excluding carboxylic acids is 2. The van der Waals surface area contributed by atoms with E-state index in [4.69, 9.17) is 0 Å². The highest BCUT2D eigenvalue weighted by Gasteiger charge is 2.19. The second kappa shape index (κ2) is 10.0. The van der Waals surface area contributed by atoms with Crippen LogP contribution >= 0.6 is 23.1 Å². The van der Waals surface area contributed by atoms with E-state index >= 15 is 0 Å². The molecule has 0 radical (unpaired) electrons. The minimum atomic E-state index is -0.523. The van der Waals surface area contributed by atoms with Gasteiger partial charge in [-0.15, -0.1) is 10.2 Å². The molecule has 9 heteroatoms. The fourth-order valence-electron chi connectivity index (χ4n) is 2.39. The molecule has 0 spiro atoms. The topological polar surface area (TPSA) is 96.0 Å². The Labute approximate surface area is 177 Å². The fourth-order valence-corrected chi connectivity index (χ4v) is 4.31. The summed E-state index contributed by atoms with van der Waals surface area (Å²) in [7, 11) is 0. The molecule has 1 unspecified atom stereocenters. The molecule has 0 saturated carbocycles. The number of nitrogens with zero attached hydrogens (tertiary/aromatic N) is 2.